The van der Waals surface area contributed by atoms with Crippen molar-refractivity contribution in [1.29, 1.82) is 0 Å². The highest BCUT2D eigenvalue weighted by Gasteiger charge is 2.23. The van der Waals surface area contributed by atoms with E-state index in [1.54, 1.807) is 0 Å². The summed E-state index contributed by atoms with van der Waals surface area (Å²) in [5.41, 5.74) is 2.69. The van der Waals surface area contributed by atoms with Gasteiger partial charge in [0.25, 0.3) is 5.56 Å². The van der Waals surface area contributed by atoms with Crippen molar-refractivity contribution in [3.8, 4) is 11.1 Å². The highest BCUT2D eigenvalue weighted by atomic mass is 16.1. The molecule has 5 nitrogen and oxygen atoms in total. The van der Waals surface area contributed by atoms with Crippen LogP contribution in [0.15, 0.2) is 53.5 Å². The Hall–Kier alpha value is -2.66. The number of pyridine rings is 2. The molecule has 5 heteroatoms. The van der Waals surface area contributed by atoms with E-state index in [0.717, 1.165) is 47.2 Å². The van der Waals surface area contributed by atoms with Crippen LogP contribution in [0.5, 0.6) is 0 Å². The van der Waals surface area contributed by atoms with E-state index in [4.69, 9.17) is 0 Å². The molecule has 4 rings (SSSR count). The van der Waals surface area contributed by atoms with Gasteiger partial charge >= 0.3 is 0 Å². The number of anilines is 1. The number of hydrogen-bond acceptors (Lipinski definition) is 4. The summed E-state index contributed by atoms with van der Waals surface area (Å²) in [6, 6.07) is 15.6. The van der Waals surface area contributed by atoms with Gasteiger partial charge < -0.3 is 9.47 Å². The number of fused-ring (bicyclic) bond motifs is 1. The van der Waals surface area contributed by atoms with E-state index in [0.29, 0.717) is 12.1 Å². The fourth-order valence-electron chi connectivity index (χ4n) is 5.22. The molecule has 33 heavy (non-hydrogen) atoms. The van der Waals surface area contributed by atoms with Gasteiger partial charge in [0.05, 0.1) is 5.52 Å². The number of unbranched alkanes of at least 4 members (excludes halogenated alkanes) is 2. The van der Waals surface area contributed by atoms with Crippen molar-refractivity contribution < 1.29 is 0 Å². The van der Waals surface area contributed by atoms with Gasteiger partial charge in [-0.15, -0.1) is 0 Å². The van der Waals surface area contributed by atoms with E-state index in [-0.39, 0.29) is 5.56 Å². The Kier molecular flexibility index (Phi) is 7.49. The molecular formula is C28H38N4O. The van der Waals surface area contributed by atoms with Crippen LogP contribution in [0.25, 0.3) is 22.0 Å². The molecule has 0 spiro atoms. The van der Waals surface area contributed by atoms with Crippen LogP contribution in [0.1, 0.15) is 52.4 Å². The van der Waals surface area contributed by atoms with Crippen molar-refractivity contribution >= 4 is 16.7 Å². The Labute approximate surface area is 198 Å². The van der Waals surface area contributed by atoms with Crippen LogP contribution in [-0.4, -0.2) is 47.2 Å². The van der Waals surface area contributed by atoms with E-state index < -0.39 is 0 Å². The van der Waals surface area contributed by atoms with Crippen LogP contribution in [0, 0.1) is 0 Å². The van der Waals surface area contributed by atoms with Gasteiger partial charge in [0.15, 0.2) is 0 Å². The normalized spacial score (nSPS) is 19.2. The zero-order chi connectivity index (χ0) is 23.4. The van der Waals surface area contributed by atoms with Crippen LogP contribution in [0.2, 0.25) is 0 Å². The van der Waals surface area contributed by atoms with Crippen molar-refractivity contribution in [3.05, 3.63) is 59.0 Å². The summed E-state index contributed by atoms with van der Waals surface area (Å²) in [6.07, 6.45) is 9.16. The predicted molar refractivity (Wildman–Crippen MR) is 139 cm³/mol. The second-order valence-corrected chi connectivity index (χ2v) is 9.80. The minimum atomic E-state index is 0.0754. The number of hydrogen-bond donors (Lipinski definition) is 0. The smallest absolute Gasteiger partial charge is 0.258 e. The molecule has 0 aliphatic carbocycles. The highest BCUT2D eigenvalue weighted by Crippen LogP contribution is 2.24. The summed E-state index contributed by atoms with van der Waals surface area (Å²) >= 11 is 0. The number of benzene rings is 1. The van der Waals surface area contributed by atoms with E-state index in [2.05, 4.69) is 35.9 Å². The third kappa shape index (κ3) is 5.30. The largest absolute Gasteiger partial charge is 0.363 e. The first-order chi connectivity index (χ1) is 16.0. The molecule has 0 unspecified atom stereocenters. The Morgan fingerprint density at radius 1 is 0.970 bits per heavy atom. The lowest BCUT2D eigenvalue weighted by Crippen LogP contribution is -2.44. The lowest BCUT2D eigenvalue weighted by molar-refractivity contribution is 0.101. The van der Waals surface area contributed by atoms with E-state index in [1.807, 2.05) is 60.1 Å². The maximum absolute atomic E-state index is 13.5. The Bertz CT molecular complexity index is 1110. The molecule has 0 bridgehead atoms. The quantitative estimate of drug-likeness (QED) is 0.425. The average molecular weight is 447 g/mol. The van der Waals surface area contributed by atoms with Crippen LogP contribution < -0.4 is 10.5 Å². The second-order valence-electron chi connectivity index (χ2n) is 9.80. The zero-order valence-electron chi connectivity index (χ0n) is 20.6. The average Bonchev–Trinajstić information content (AvgIpc) is 2.81. The first-order valence-corrected chi connectivity index (χ1v) is 12.5. The molecule has 0 radical (unpaired) electrons. The molecule has 1 aliphatic heterocycles. The molecule has 1 aliphatic rings. The first kappa shape index (κ1) is 23.5. The molecule has 0 N–H and O–H groups in total. The molecule has 3 heterocycles. The SMILES string of the molecule is C[C@@H]1CCC[C@H](C)N1CCCCCn1c(=O)c(-c2ccc(N(C)C)nc2)cc2ccccc21. The third-order valence-corrected chi connectivity index (χ3v) is 7.19. The fourth-order valence-corrected chi connectivity index (χ4v) is 5.22. The number of para-hydroxylation sites is 1. The molecule has 0 amide bonds. The minimum Gasteiger partial charge on any atom is -0.363 e. The lowest BCUT2D eigenvalue weighted by atomic mass is 9.97. The third-order valence-electron chi connectivity index (χ3n) is 7.19. The first-order valence-electron chi connectivity index (χ1n) is 12.5. The fraction of sp³-hybridized carbons (Fsp3) is 0.500. The predicted octanol–water partition coefficient (Wildman–Crippen LogP) is 5.56. The number of piperidine rings is 1. The summed E-state index contributed by atoms with van der Waals surface area (Å²) in [4.78, 5) is 22.7. The van der Waals surface area contributed by atoms with E-state index in [1.165, 1.54) is 32.2 Å². The molecule has 176 valence electrons. The molecular weight excluding hydrogens is 408 g/mol. The Balaban J connectivity index is 1.49. The maximum Gasteiger partial charge on any atom is 0.258 e. The van der Waals surface area contributed by atoms with Gasteiger partial charge in [-0.1, -0.05) is 31.0 Å². The Morgan fingerprint density at radius 2 is 1.70 bits per heavy atom. The summed E-state index contributed by atoms with van der Waals surface area (Å²) in [7, 11) is 3.94. The van der Waals surface area contributed by atoms with Gasteiger partial charge in [-0.2, -0.15) is 0 Å². The lowest BCUT2D eigenvalue weighted by Gasteiger charge is -2.39. The van der Waals surface area contributed by atoms with E-state index in [9.17, 15) is 4.79 Å². The van der Waals surface area contributed by atoms with Crippen LogP contribution >= 0.6 is 0 Å². The molecule has 1 saturated heterocycles. The van der Waals surface area contributed by atoms with Crippen LogP contribution in [0.4, 0.5) is 5.82 Å². The van der Waals surface area contributed by atoms with Gasteiger partial charge in [0.2, 0.25) is 0 Å². The number of rotatable bonds is 8. The standard InChI is InChI=1S/C28H38N4O/c1-21-11-10-12-22(2)31(21)17-8-5-9-18-32-26-14-7-6-13-23(26)19-25(28(32)33)24-15-16-27(29-20-24)30(3)4/h6-7,13-16,19-22H,5,8-12,17-18H2,1-4H3/t21-,22+. The molecule has 2 aromatic heterocycles. The number of nitrogens with zero attached hydrogens (tertiary/aromatic N) is 4. The molecule has 1 aromatic carbocycles. The van der Waals surface area contributed by atoms with Crippen molar-refractivity contribution in [2.75, 3.05) is 25.5 Å². The van der Waals surface area contributed by atoms with E-state index >= 15 is 0 Å². The molecule has 2 atom stereocenters. The highest BCUT2D eigenvalue weighted by molar-refractivity contribution is 5.84. The molecule has 1 fully saturated rings. The Morgan fingerprint density at radius 3 is 2.39 bits per heavy atom. The number of aryl methyl sites for hydroxylation is 1. The molecule has 3 aromatic rings. The summed E-state index contributed by atoms with van der Waals surface area (Å²) in [5, 5.41) is 1.10. The van der Waals surface area contributed by atoms with Crippen LogP contribution in [-0.2, 0) is 6.54 Å². The summed E-state index contributed by atoms with van der Waals surface area (Å²) in [5.74, 6) is 0.886. The maximum atomic E-state index is 13.5. The van der Waals surface area contributed by atoms with Gasteiger partial charge in [-0.3, -0.25) is 9.69 Å². The van der Waals surface area contributed by atoms with Crippen LogP contribution in [0.3, 0.4) is 0 Å². The molecule has 0 saturated carbocycles. The van der Waals surface area contributed by atoms with Crippen molar-refractivity contribution in [2.24, 2.45) is 0 Å². The monoisotopic (exact) mass is 446 g/mol. The second kappa shape index (κ2) is 10.5. The zero-order valence-corrected chi connectivity index (χ0v) is 20.6. The number of aromatic nitrogens is 2. The minimum absolute atomic E-state index is 0.0754. The summed E-state index contributed by atoms with van der Waals surface area (Å²) < 4.78 is 1.97. The number of likely N-dealkylation sites (tertiary alicyclic amines) is 1. The van der Waals surface area contributed by atoms with Gasteiger partial charge in [-0.25, -0.2) is 4.98 Å². The van der Waals surface area contributed by atoms with Crippen molar-refractivity contribution in [1.82, 2.24) is 14.5 Å². The van der Waals surface area contributed by atoms with Gasteiger partial charge in [0, 0.05) is 50.0 Å². The topological polar surface area (TPSA) is 41.4 Å². The van der Waals surface area contributed by atoms with Gasteiger partial charge in [0.1, 0.15) is 5.82 Å². The van der Waals surface area contributed by atoms with Crippen molar-refractivity contribution in [2.45, 2.75) is 71.0 Å². The van der Waals surface area contributed by atoms with Crippen molar-refractivity contribution in [3.63, 3.8) is 0 Å². The summed E-state index contributed by atoms with van der Waals surface area (Å²) in [6.45, 7) is 6.66. The van der Waals surface area contributed by atoms with Gasteiger partial charge in [-0.05, 0) is 75.7 Å².